The van der Waals surface area contributed by atoms with Crippen molar-refractivity contribution in [1.82, 2.24) is 9.78 Å². The van der Waals surface area contributed by atoms with Gasteiger partial charge >= 0.3 is 5.97 Å². The average molecular weight is 238 g/mol. The molecule has 0 aliphatic carbocycles. The van der Waals surface area contributed by atoms with E-state index in [4.69, 9.17) is 9.84 Å². The minimum absolute atomic E-state index is 0.196. The van der Waals surface area contributed by atoms with Crippen LogP contribution in [0.2, 0.25) is 0 Å². The fourth-order valence-electron chi connectivity index (χ4n) is 1.90. The lowest BCUT2D eigenvalue weighted by atomic mass is 10.2. The third kappa shape index (κ3) is 2.71. The van der Waals surface area contributed by atoms with E-state index in [-0.39, 0.29) is 11.7 Å². The fourth-order valence-corrected chi connectivity index (χ4v) is 1.90. The first kappa shape index (κ1) is 11.8. The zero-order chi connectivity index (χ0) is 12.4. The molecule has 6 heteroatoms. The van der Waals surface area contributed by atoms with Gasteiger partial charge in [-0.05, 0) is 25.8 Å². The van der Waals surface area contributed by atoms with Crippen molar-refractivity contribution < 1.29 is 14.6 Å². The molecule has 1 aliphatic rings. The van der Waals surface area contributed by atoms with Crippen LogP contribution in [-0.4, -0.2) is 33.1 Å². The predicted molar refractivity (Wildman–Crippen MR) is 58.8 cm³/mol. The Balaban J connectivity index is 2.05. The molecule has 1 aromatic rings. The van der Waals surface area contributed by atoms with Crippen LogP contribution < -0.4 is 5.56 Å². The number of rotatable bonds is 3. The van der Waals surface area contributed by atoms with Gasteiger partial charge in [0.05, 0.1) is 18.3 Å². The molecule has 1 aromatic heterocycles. The summed E-state index contributed by atoms with van der Waals surface area (Å²) in [6.45, 7) is 2.11. The number of aromatic nitrogens is 2. The van der Waals surface area contributed by atoms with E-state index in [0.717, 1.165) is 5.69 Å². The standard InChI is InChI=1S/C11H14N2O4/c1-7-2-5-10(14)13(12-7)6-8-3-4-9(17-8)11(15)16/h2,5,8-9H,3-4,6H2,1H3,(H,15,16). The number of aliphatic carboxylic acids is 1. The van der Waals surface area contributed by atoms with Crippen LogP contribution in [-0.2, 0) is 16.1 Å². The van der Waals surface area contributed by atoms with Crippen molar-refractivity contribution in [3.05, 3.63) is 28.2 Å². The number of carbonyl (C=O) groups is 1. The minimum Gasteiger partial charge on any atom is -0.479 e. The van der Waals surface area contributed by atoms with Crippen LogP contribution in [0.3, 0.4) is 0 Å². The number of nitrogens with zero attached hydrogens (tertiary/aromatic N) is 2. The molecule has 2 unspecified atom stereocenters. The summed E-state index contributed by atoms with van der Waals surface area (Å²) in [7, 11) is 0. The van der Waals surface area contributed by atoms with Crippen molar-refractivity contribution in [3.63, 3.8) is 0 Å². The summed E-state index contributed by atoms with van der Waals surface area (Å²) in [6, 6.07) is 3.10. The Hall–Kier alpha value is -1.69. The molecule has 1 fully saturated rings. The molecule has 0 spiro atoms. The summed E-state index contributed by atoms with van der Waals surface area (Å²) < 4.78 is 6.65. The Labute approximate surface area is 97.8 Å². The minimum atomic E-state index is -0.947. The summed E-state index contributed by atoms with van der Waals surface area (Å²) in [5, 5.41) is 12.9. The SMILES string of the molecule is Cc1ccc(=O)n(CC2CCC(C(=O)O)O2)n1. The summed E-state index contributed by atoms with van der Waals surface area (Å²) in [4.78, 5) is 22.2. The molecule has 1 N–H and O–H groups in total. The number of hydrogen-bond acceptors (Lipinski definition) is 4. The van der Waals surface area contributed by atoms with E-state index >= 15 is 0 Å². The van der Waals surface area contributed by atoms with Crippen molar-refractivity contribution in [3.8, 4) is 0 Å². The van der Waals surface area contributed by atoms with Gasteiger partial charge in [-0.2, -0.15) is 5.10 Å². The van der Waals surface area contributed by atoms with Gasteiger partial charge in [0.2, 0.25) is 0 Å². The lowest BCUT2D eigenvalue weighted by molar-refractivity contribution is -0.149. The molecule has 6 nitrogen and oxygen atoms in total. The Morgan fingerprint density at radius 2 is 2.35 bits per heavy atom. The zero-order valence-electron chi connectivity index (χ0n) is 9.50. The third-order valence-corrected chi connectivity index (χ3v) is 2.76. The molecule has 0 aromatic carbocycles. The first-order valence-electron chi connectivity index (χ1n) is 5.49. The Morgan fingerprint density at radius 1 is 1.59 bits per heavy atom. The fraction of sp³-hybridized carbons (Fsp3) is 0.545. The molecule has 1 aliphatic heterocycles. The van der Waals surface area contributed by atoms with Crippen molar-refractivity contribution in [2.75, 3.05) is 0 Å². The average Bonchev–Trinajstić information content (AvgIpc) is 2.72. The van der Waals surface area contributed by atoms with E-state index in [1.54, 1.807) is 13.0 Å². The van der Waals surface area contributed by atoms with Crippen LogP contribution in [0.1, 0.15) is 18.5 Å². The maximum atomic E-state index is 11.5. The van der Waals surface area contributed by atoms with E-state index in [1.165, 1.54) is 10.7 Å². The molecule has 92 valence electrons. The van der Waals surface area contributed by atoms with Gasteiger partial charge in [0.1, 0.15) is 0 Å². The number of carboxylic acids is 1. The molecule has 17 heavy (non-hydrogen) atoms. The molecule has 2 atom stereocenters. The topological polar surface area (TPSA) is 81.4 Å². The van der Waals surface area contributed by atoms with Gasteiger partial charge in [0.25, 0.3) is 5.56 Å². The van der Waals surface area contributed by atoms with Gasteiger partial charge < -0.3 is 9.84 Å². The van der Waals surface area contributed by atoms with E-state index in [9.17, 15) is 9.59 Å². The molecular weight excluding hydrogens is 224 g/mol. The third-order valence-electron chi connectivity index (χ3n) is 2.76. The molecule has 0 amide bonds. The van der Waals surface area contributed by atoms with Crippen LogP contribution in [0, 0.1) is 6.92 Å². The monoisotopic (exact) mass is 238 g/mol. The summed E-state index contributed by atoms with van der Waals surface area (Å²) in [5.41, 5.74) is 0.551. The lowest BCUT2D eigenvalue weighted by Crippen LogP contribution is -2.29. The van der Waals surface area contributed by atoms with Gasteiger partial charge in [-0.3, -0.25) is 4.79 Å². The van der Waals surface area contributed by atoms with Crippen LogP contribution in [0.25, 0.3) is 0 Å². The Kier molecular flexibility index (Phi) is 3.23. The van der Waals surface area contributed by atoms with Gasteiger partial charge in [-0.15, -0.1) is 0 Å². The smallest absolute Gasteiger partial charge is 0.332 e. The van der Waals surface area contributed by atoms with Crippen LogP contribution in [0.4, 0.5) is 0 Å². The number of hydrogen-bond donors (Lipinski definition) is 1. The van der Waals surface area contributed by atoms with Gasteiger partial charge in [0, 0.05) is 6.07 Å². The van der Waals surface area contributed by atoms with Crippen LogP contribution in [0.5, 0.6) is 0 Å². The zero-order valence-corrected chi connectivity index (χ0v) is 9.50. The predicted octanol–water partition coefficient (Wildman–Crippen LogP) is 0.184. The highest BCUT2D eigenvalue weighted by molar-refractivity contribution is 5.72. The highest BCUT2D eigenvalue weighted by Gasteiger charge is 2.30. The number of ether oxygens (including phenoxy) is 1. The molecule has 0 radical (unpaired) electrons. The highest BCUT2D eigenvalue weighted by Crippen LogP contribution is 2.20. The normalized spacial score (nSPS) is 23.8. The van der Waals surface area contributed by atoms with Crippen molar-refractivity contribution >= 4 is 5.97 Å². The molecular formula is C11H14N2O4. The van der Waals surface area contributed by atoms with E-state index < -0.39 is 12.1 Å². The Morgan fingerprint density at radius 3 is 3.00 bits per heavy atom. The molecule has 2 rings (SSSR count). The van der Waals surface area contributed by atoms with Gasteiger partial charge in [-0.25, -0.2) is 9.48 Å². The quantitative estimate of drug-likeness (QED) is 0.812. The Bertz CT molecular complexity index is 483. The first-order chi connectivity index (χ1) is 8.06. The molecule has 2 heterocycles. The summed E-state index contributed by atoms with van der Waals surface area (Å²) in [5.74, 6) is -0.947. The van der Waals surface area contributed by atoms with Crippen LogP contribution in [0.15, 0.2) is 16.9 Å². The van der Waals surface area contributed by atoms with E-state index in [2.05, 4.69) is 5.10 Å². The maximum absolute atomic E-state index is 11.5. The van der Waals surface area contributed by atoms with Crippen LogP contribution >= 0.6 is 0 Å². The summed E-state index contributed by atoms with van der Waals surface area (Å²) in [6.07, 6.45) is 0.128. The lowest BCUT2D eigenvalue weighted by Gasteiger charge is -2.12. The molecule has 1 saturated heterocycles. The molecule has 0 saturated carbocycles. The maximum Gasteiger partial charge on any atom is 0.332 e. The highest BCUT2D eigenvalue weighted by atomic mass is 16.5. The number of carboxylic acid groups (broad SMARTS) is 1. The second kappa shape index (κ2) is 4.67. The van der Waals surface area contributed by atoms with Gasteiger partial charge in [-0.1, -0.05) is 0 Å². The number of aryl methyl sites for hydroxylation is 1. The van der Waals surface area contributed by atoms with Crippen molar-refractivity contribution in [1.29, 1.82) is 0 Å². The van der Waals surface area contributed by atoms with Crippen molar-refractivity contribution in [2.24, 2.45) is 0 Å². The summed E-state index contributed by atoms with van der Waals surface area (Å²) >= 11 is 0. The molecule has 0 bridgehead atoms. The van der Waals surface area contributed by atoms with Gasteiger partial charge in [0.15, 0.2) is 6.10 Å². The first-order valence-corrected chi connectivity index (χ1v) is 5.49. The van der Waals surface area contributed by atoms with E-state index in [1.807, 2.05) is 0 Å². The van der Waals surface area contributed by atoms with E-state index in [0.29, 0.717) is 19.4 Å². The van der Waals surface area contributed by atoms with Crippen molar-refractivity contribution in [2.45, 2.75) is 38.5 Å². The second-order valence-electron chi connectivity index (χ2n) is 4.16. The largest absolute Gasteiger partial charge is 0.479 e. The second-order valence-corrected chi connectivity index (χ2v) is 4.16.